The molecular formula is C60H96O6. The topological polar surface area (TPSA) is 78.9 Å². The third-order valence-corrected chi connectivity index (χ3v) is 11.0. The Morgan fingerprint density at radius 3 is 0.939 bits per heavy atom. The number of rotatable bonds is 46. The third kappa shape index (κ3) is 50.8. The predicted molar refractivity (Wildman–Crippen MR) is 283 cm³/mol. The largest absolute Gasteiger partial charge is 0.462 e. The lowest BCUT2D eigenvalue weighted by Gasteiger charge is -2.18. The highest BCUT2D eigenvalue weighted by molar-refractivity contribution is 5.71. The molecule has 0 heterocycles. The van der Waals surface area contributed by atoms with Gasteiger partial charge in [0.2, 0.25) is 0 Å². The van der Waals surface area contributed by atoms with Gasteiger partial charge in [-0.1, -0.05) is 264 Å². The van der Waals surface area contributed by atoms with Crippen molar-refractivity contribution in [3.63, 3.8) is 0 Å². The molecular weight excluding hydrogens is 817 g/mol. The first-order valence-corrected chi connectivity index (χ1v) is 26.7. The van der Waals surface area contributed by atoms with Crippen LogP contribution in [0.25, 0.3) is 0 Å². The number of esters is 3. The minimum Gasteiger partial charge on any atom is -0.462 e. The predicted octanol–water partition coefficient (Wildman–Crippen LogP) is 17.7. The van der Waals surface area contributed by atoms with Crippen molar-refractivity contribution in [1.29, 1.82) is 0 Å². The fourth-order valence-corrected chi connectivity index (χ4v) is 7.01. The van der Waals surface area contributed by atoms with Gasteiger partial charge >= 0.3 is 17.9 Å². The number of carbonyl (C=O) groups is 3. The van der Waals surface area contributed by atoms with Gasteiger partial charge in [0.1, 0.15) is 13.2 Å². The van der Waals surface area contributed by atoms with Gasteiger partial charge < -0.3 is 14.2 Å². The number of allylic oxidation sites excluding steroid dienone is 20. The monoisotopic (exact) mass is 913 g/mol. The fourth-order valence-electron chi connectivity index (χ4n) is 7.01. The van der Waals surface area contributed by atoms with Crippen LogP contribution < -0.4 is 0 Å². The van der Waals surface area contributed by atoms with Gasteiger partial charge in [0.15, 0.2) is 6.10 Å². The number of ether oxygens (including phenoxy) is 3. The van der Waals surface area contributed by atoms with E-state index in [1.807, 2.05) is 72.9 Å². The molecule has 0 radical (unpaired) electrons. The van der Waals surface area contributed by atoms with Crippen molar-refractivity contribution in [2.75, 3.05) is 13.2 Å². The van der Waals surface area contributed by atoms with Crippen molar-refractivity contribution in [1.82, 2.24) is 0 Å². The zero-order chi connectivity index (χ0) is 47.9. The van der Waals surface area contributed by atoms with Gasteiger partial charge in [-0.05, 0) is 57.8 Å². The number of carbonyl (C=O) groups excluding carboxylic acids is 3. The van der Waals surface area contributed by atoms with E-state index in [1.54, 1.807) is 0 Å². The average Bonchev–Trinajstić information content (AvgIpc) is 3.31. The molecule has 0 aromatic heterocycles. The number of unbranched alkanes of at least 4 members (excludes halogenated alkanes) is 23. The molecule has 0 aliphatic rings. The smallest absolute Gasteiger partial charge is 0.306 e. The molecule has 0 aliphatic carbocycles. The molecule has 0 saturated carbocycles. The van der Waals surface area contributed by atoms with Crippen LogP contribution in [-0.4, -0.2) is 37.2 Å². The molecule has 6 heteroatoms. The molecule has 0 spiro atoms. The van der Waals surface area contributed by atoms with E-state index in [2.05, 4.69) is 69.4 Å². The summed E-state index contributed by atoms with van der Waals surface area (Å²) in [5, 5.41) is 0. The van der Waals surface area contributed by atoms with Crippen LogP contribution in [0.3, 0.4) is 0 Å². The molecule has 6 nitrogen and oxygen atoms in total. The molecule has 0 rings (SSSR count). The summed E-state index contributed by atoms with van der Waals surface area (Å²) in [5.74, 6) is -0.973. The van der Waals surface area contributed by atoms with Crippen molar-refractivity contribution in [2.24, 2.45) is 0 Å². The molecule has 0 amide bonds. The summed E-state index contributed by atoms with van der Waals surface area (Å²) in [5.41, 5.74) is 0. The molecule has 66 heavy (non-hydrogen) atoms. The first kappa shape index (κ1) is 61.8. The molecule has 372 valence electrons. The highest BCUT2D eigenvalue weighted by Gasteiger charge is 2.19. The van der Waals surface area contributed by atoms with E-state index in [9.17, 15) is 14.4 Å². The molecule has 0 aliphatic heterocycles. The van der Waals surface area contributed by atoms with E-state index < -0.39 is 6.10 Å². The third-order valence-electron chi connectivity index (χ3n) is 11.0. The van der Waals surface area contributed by atoms with E-state index in [0.29, 0.717) is 19.3 Å². The van der Waals surface area contributed by atoms with Crippen LogP contribution >= 0.6 is 0 Å². The number of hydrogen-bond acceptors (Lipinski definition) is 6. The Morgan fingerprint density at radius 2 is 0.591 bits per heavy atom. The van der Waals surface area contributed by atoms with Crippen LogP contribution in [0.2, 0.25) is 0 Å². The van der Waals surface area contributed by atoms with Crippen LogP contribution in [0.1, 0.15) is 220 Å². The molecule has 0 saturated heterocycles. The summed E-state index contributed by atoms with van der Waals surface area (Å²) in [6.45, 7) is 6.30. The quantitative estimate of drug-likeness (QED) is 0.0262. The minimum atomic E-state index is -0.807. The second-order valence-electron chi connectivity index (χ2n) is 17.3. The van der Waals surface area contributed by atoms with E-state index in [-0.39, 0.29) is 31.1 Å². The Labute approximate surface area is 405 Å². The lowest BCUT2D eigenvalue weighted by atomic mass is 10.0. The van der Waals surface area contributed by atoms with Crippen LogP contribution in [0.15, 0.2) is 122 Å². The van der Waals surface area contributed by atoms with E-state index >= 15 is 0 Å². The van der Waals surface area contributed by atoms with Crippen molar-refractivity contribution < 1.29 is 28.6 Å². The molecule has 0 aromatic rings. The van der Waals surface area contributed by atoms with Crippen molar-refractivity contribution in [2.45, 2.75) is 226 Å². The first-order valence-electron chi connectivity index (χ1n) is 26.7. The van der Waals surface area contributed by atoms with E-state index in [4.69, 9.17) is 14.2 Å². The Morgan fingerprint density at radius 1 is 0.318 bits per heavy atom. The molecule has 0 N–H and O–H groups in total. The summed E-state index contributed by atoms with van der Waals surface area (Å²) in [6.07, 6.45) is 73.2. The zero-order valence-electron chi connectivity index (χ0n) is 42.4. The molecule has 1 unspecified atom stereocenters. The van der Waals surface area contributed by atoms with Crippen molar-refractivity contribution in [3.8, 4) is 0 Å². The molecule has 0 bridgehead atoms. The molecule has 0 aromatic carbocycles. The average molecular weight is 913 g/mol. The van der Waals surface area contributed by atoms with Gasteiger partial charge in [0.25, 0.3) is 0 Å². The summed E-state index contributed by atoms with van der Waals surface area (Å²) in [7, 11) is 0. The van der Waals surface area contributed by atoms with Gasteiger partial charge in [-0.2, -0.15) is 0 Å². The summed E-state index contributed by atoms with van der Waals surface area (Å²) in [6, 6.07) is 0. The highest BCUT2D eigenvalue weighted by Crippen LogP contribution is 2.15. The second kappa shape index (κ2) is 53.4. The van der Waals surface area contributed by atoms with Gasteiger partial charge in [0.05, 0.1) is 0 Å². The maximum atomic E-state index is 12.8. The van der Waals surface area contributed by atoms with Crippen LogP contribution in [0, 0.1) is 0 Å². The Balaban J connectivity index is 4.52. The van der Waals surface area contributed by atoms with Crippen LogP contribution in [0.5, 0.6) is 0 Å². The van der Waals surface area contributed by atoms with Crippen molar-refractivity contribution >= 4 is 17.9 Å². The normalized spacial score (nSPS) is 13.1. The Bertz CT molecular complexity index is 1420. The highest BCUT2D eigenvalue weighted by atomic mass is 16.6. The van der Waals surface area contributed by atoms with Gasteiger partial charge in [-0.3, -0.25) is 14.4 Å². The maximum Gasteiger partial charge on any atom is 0.306 e. The maximum absolute atomic E-state index is 12.8. The Kier molecular flexibility index (Phi) is 50.0. The van der Waals surface area contributed by atoms with Gasteiger partial charge in [-0.15, -0.1) is 0 Å². The first-order chi connectivity index (χ1) is 32.5. The number of hydrogen-bond donors (Lipinski definition) is 0. The SMILES string of the molecule is CC/C=C/C=C/C=C/C=C/C=C/C=C/C=C/CCCCCC(=O)OCC(COC(=O)CCCCCCC/C=C/C=C/C=C/CC)OC(=O)CCCCCCCCCCCCCCCCCC. The van der Waals surface area contributed by atoms with Gasteiger partial charge in [0, 0.05) is 19.3 Å². The Hall–Kier alpha value is -4.19. The molecule has 1 atom stereocenters. The second-order valence-corrected chi connectivity index (χ2v) is 17.3. The van der Waals surface area contributed by atoms with Crippen LogP contribution in [0.4, 0.5) is 0 Å². The van der Waals surface area contributed by atoms with E-state index in [1.165, 1.54) is 83.5 Å². The lowest BCUT2D eigenvalue weighted by Crippen LogP contribution is -2.30. The standard InChI is InChI=1S/C60H96O6/c1-4-7-10-13-16-19-22-25-27-29-30-31-33-35-38-41-44-47-50-53-59(62)65-56-57(55-64-58(61)52-49-46-43-40-37-34-24-21-18-15-12-9-6-3)66-60(63)54-51-48-45-42-39-36-32-28-26-23-20-17-14-11-8-5-2/h7,9-10,12-13,15-16,18-19,21-22,24-25,27,29-31,33,35,38,57H,4-6,8,11,14,17,20,23,26,28,32,34,36-37,39-56H2,1-3H3/b10-7+,12-9+,16-13+,18-15+,22-19+,24-21+,27-25+,30-29+,33-31+,38-35+. The van der Waals surface area contributed by atoms with Gasteiger partial charge in [-0.25, -0.2) is 0 Å². The van der Waals surface area contributed by atoms with Crippen LogP contribution in [-0.2, 0) is 28.6 Å². The summed E-state index contributed by atoms with van der Waals surface area (Å²) < 4.78 is 16.8. The molecule has 0 fully saturated rings. The van der Waals surface area contributed by atoms with E-state index in [0.717, 1.165) is 96.3 Å². The summed E-state index contributed by atoms with van der Waals surface area (Å²) in [4.78, 5) is 38.0. The van der Waals surface area contributed by atoms with Crippen molar-refractivity contribution in [3.05, 3.63) is 122 Å². The minimum absolute atomic E-state index is 0.105. The zero-order valence-corrected chi connectivity index (χ0v) is 42.4. The summed E-state index contributed by atoms with van der Waals surface area (Å²) >= 11 is 0. The fraction of sp³-hybridized carbons (Fsp3) is 0.617. The lowest BCUT2D eigenvalue weighted by molar-refractivity contribution is -0.167.